The second kappa shape index (κ2) is 5.54. The van der Waals surface area contributed by atoms with Crippen LogP contribution in [0, 0.1) is 11.3 Å². The zero-order chi connectivity index (χ0) is 15.6. The fraction of sp³-hybridized carbons (Fsp3) is 0.0714. The molecule has 0 saturated heterocycles. The highest BCUT2D eigenvalue weighted by Crippen LogP contribution is 2.40. The van der Waals surface area contributed by atoms with Crippen molar-refractivity contribution in [3.05, 3.63) is 52.5 Å². The lowest BCUT2D eigenvalue weighted by atomic mass is 10.1. The molecule has 21 heavy (non-hydrogen) atoms. The van der Waals surface area contributed by atoms with Gasteiger partial charge in [-0.25, -0.2) is 0 Å². The molecule has 0 spiro atoms. The van der Waals surface area contributed by atoms with Crippen LogP contribution >= 0.6 is 11.6 Å². The normalized spacial score (nSPS) is 11.0. The summed E-state index contributed by atoms with van der Waals surface area (Å²) < 4.78 is 44.2. The van der Waals surface area contributed by atoms with Crippen LogP contribution in [-0.4, -0.2) is 0 Å². The molecule has 0 amide bonds. The zero-order valence-corrected chi connectivity index (χ0v) is 11.2. The summed E-state index contributed by atoms with van der Waals surface area (Å²) in [6, 6.07) is 8.88. The van der Waals surface area contributed by atoms with Gasteiger partial charge in [0.2, 0.25) is 0 Å². The van der Waals surface area contributed by atoms with Crippen molar-refractivity contribution in [2.24, 2.45) is 0 Å². The second-order valence-electron chi connectivity index (χ2n) is 4.10. The standard InChI is InChI=1S/C14H8ClF3N2O/c15-9-2-4-13(11(20)6-9)21-12-3-1-8(7-19)5-10(12)14(16,17)18/h1-6H,20H2. The van der Waals surface area contributed by atoms with Crippen molar-refractivity contribution < 1.29 is 17.9 Å². The fourth-order valence-corrected chi connectivity index (χ4v) is 1.82. The number of nitrogens with two attached hydrogens (primary N) is 1. The fourth-order valence-electron chi connectivity index (χ4n) is 1.64. The first-order valence-corrected chi connectivity index (χ1v) is 6.03. The first-order valence-electron chi connectivity index (χ1n) is 5.65. The monoisotopic (exact) mass is 312 g/mol. The highest BCUT2D eigenvalue weighted by Gasteiger charge is 2.35. The number of ether oxygens (including phenoxy) is 1. The maximum atomic E-state index is 13.0. The molecule has 2 N–H and O–H groups in total. The number of hydrogen-bond donors (Lipinski definition) is 1. The van der Waals surface area contributed by atoms with E-state index in [0.29, 0.717) is 5.02 Å². The molecule has 0 aliphatic rings. The molecule has 0 aliphatic heterocycles. The van der Waals surface area contributed by atoms with Gasteiger partial charge < -0.3 is 10.5 Å². The Morgan fingerprint density at radius 2 is 1.76 bits per heavy atom. The average Bonchev–Trinajstić information content (AvgIpc) is 2.41. The summed E-state index contributed by atoms with van der Waals surface area (Å²) in [5, 5.41) is 9.03. The summed E-state index contributed by atoms with van der Waals surface area (Å²) in [6.45, 7) is 0. The van der Waals surface area contributed by atoms with Crippen LogP contribution in [0.4, 0.5) is 18.9 Å². The van der Waals surface area contributed by atoms with Gasteiger partial charge in [0.25, 0.3) is 0 Å². The summed E-state index contributed by atoms with van der Waals surface area (Å²) in [5.41, 5.74) is 4.59. The van der Waals surface area contributed by atoms with Crippen LogP contribution in [-0.2, 0) is 6.18 Å². The van der Waals surface area contributed by atoms with Crippen LogP contribution in [0.15, 0.2) is 36.4 Å². The van der Waals surface area contributed by atoms with Crippen LogP contribution in [0.5, 0.6) is 11.5 Å². The molecule has 108 valence electrons. The average molecular weight is 313 g/mol. The van der Waals surface area contributed by atoms with Crippen LogP contribution in [0.25, 0.3) is 0 Å². The number of halogens is 4. The Hall–Kier alpha value is -2.39. The van der Waals surface area contributed by atoms with Crippen molar-refractivity contribution >= 4 is 17.3 Å². The van der Waals surface area contributed by atoms with Crippen molar-refractivity contribution in [2.45, 2.75) is 6.18 Å². The quantitative estimate of drug-likeness (QED) is 0.824. The zero-order valence-electron chi connectivity index (χ0n) is 10.4. The maximum absolute atomic E-state index is 13.0. The van der Waals surface area contributed by atoms with Crippen LogP contribution in [0.2, 0.25) is 5.02 Å². The Morgan fingerprint density at radius 1 is 1.10 bits per heavy atom. The van der Waals surface area contributed by atoms with Crippen LogP contribution in [0.1, 0.15) is 11.1 Å². The van der Waals surface area contributed by atoms with Crippen molar-refractivity contribution in [3.8, 4) is 17.6 Å². The maximum Gasteiger partial charge on any atom is 0.420 e. The SMILES string of the molecule is N#Cc1ccc(Oc2ccc(Cl)cc2N)c(C(F)(F)F)c1. The minimum atomic E-state index is -4.65. The minimum absolute atomic E-state index is 0.0506. The van der Waals surface area contributed by atoms with E-state index in [4.69, 9.17) is 27.3 Å². The summed E-state index contributed by atoms with van der Waals surface area (Å²) in [7, 11) is 0. The molecule has 0 aromatic heterocycles. The molecule has 0 aliphatic carbocycles. The molecule has 2 rings (SSSR count). The molecule has 0 saturated carbocycles. The Morgan fingerprint density at radius 3 is 2.33 bits per heavy atom. The largest absolute Gasteiger partial charge is 0.455 e. The van der Waals surface area contributed by atoms with E-state index in [1.807, 2.05) is 0 Å². The van der Waals surface area contributed by atoms with Crippen molar-refractivity contribution in [1.82, 2.24) is 0 Å². The molecule has 0 atom stereocenters. The van der Waals surface area contributed by atoms with E-state index < -0.39 is 17.5 Å². The predicted octanol–water partition coefficient (Wildman–Crippen LogP) is 4.60. The van der Waals surface area contributed by atoms with Crippen molar-refractivity contribution in [3.63, 3.8) is 0 Å². The van der Waals surface area contributed by atoms with Gasteiger partial charge in [-0.1, -0.05) is 11.6 Å². The van der Waals surface area contributed by atoms with Crippen LogP contribution < -0.4 is 10.5 Å². The number of rotatable bonds is 2. The predicted molar refractivity (Wildman–Crippen MR) is 72.1 cm³/mol. The number of nitrogens with zero attached hydrogens (tertiary/aromatic N) is 1. The molecule has 2 aromatic carbocycles. The summed E-state index contributed by atoms with van der Waals surface area (Å²) in [4.78, 5) is 0. The van der Waals surface area contributed by atoms with Gasteiger partial charge in [0.05, 0.1) is 22.9 Å². The van der Waals surface area contributed by atoms with Crippen LogP contribution in [0.3, 0.4) is 0 Å². The van der Waals surface area contributed by atoms with E-state index in [9.17, 15) is 13.2 Å². The minimum Gasteiger partial charge on any atom is -0.455 e. The third-order valence-corrected chi connectivity index (χ3v) is 2.84. The van der Waals surface area contributed by atoms with Gasteiger partial charge in [-0.3, -0.25) is 0 Å². The lowest BCUT2D eigenvalue weighted by molar-refractivity contribution is -0.138. The van der Waals surface area contributed by atoms with Gasteiger partial charge in [-0.05, 0) is 36.4 Å². The smallest absolute Gasteiger partial charge is 0.420 e. The lowest BCUT2D eigenvalue weighted by Crippen LogP contribution is -2.08. The Balaban J connectivity index is 2.47. The molecule has 0 bridgehead atoms. The van der Waals surface area contributed by atoms with Gasteiger partial charge >= 0.3 is 6.18 Å². The molecule has 0 unspecified atom stereocenters. The third kappa shape index (κ3) is 3.38. The van der Waals surface area contributed by atoms with Gasteiger partial charge in [0.1, 0.15) is 11.5 Å². The molecule has 0 fully saturated rings. The Kier molecular flexibility index (Phi) is 3.96. The molecule has 0 heterocycles. The molecule has 2 aromatic rings. The van der Waals surface area contributed by atoms with Gasteiger partial charge in [0, 0.05) is 5.02 Å². The molecular weight excluding hydrogens is 305 g/mol. The molecule has 0 radical (unpaired) electrons. The second-order valence-corrected chi connectivity index (χ2v) is 4.54. The van der Waals surface area contributed by atoms with Crippen molar-refractivity contribution in [1.29, 1.82) is 5.26 Å². The molecular formula is C14H8ClF3N2O. The van der Waals surface area contributed by atoms with Gasteiger partial charge in [-0.15, -0.1) is 0 Å². The van der Waals surface area contributed by atoms with Gasteiger partial charge in [-0.2, -0.15) is 18.4 Å². The Bertz CT molecular complexity index is 723. The van der Waals surface area contributed by atoms with Gasteiger partial charge in [0.15, 0.2) is 0 Å². The number of nitriles is 1. The Labute approximate surface area is 123 Å². The van der Waals surface area contributed by atoms with E-state index in [1.54, 1.807) is 6.07 Å². The molecule has 3 nitrogen and oxygen atoms in total. The summed E-state index contributed by atoms with van der Waals surface area (Å²) in [6.07, 6.45) is -4.65. The topological polar surface area (TPSA) is 59.0 Å². The van der Waals surface area contributed by atoms with E-state index in [1.165, 1.54) is 24.3 Å². The number of benzene rings is 2. The first kappa shape index (κ1) is 15.0. The van der Waals surface area contributed by atoms with Crippen molar-refractivity contribution in [2.75, 3.05) is 5.73 Å². The highest BCUT2D eigenvalue weighted by atomic mass is 35.5. The van der Waals surface area contributed by atoms with E-state index in [0.717, 1.165) is 12.1 Å². The molecule has 7 heteroatoms. The number of nitrogen functional groups attached to an aromatic ring is 1. The van der Waals surface area contributed by atoms with E-state index in [2.05, 4.69) is 0 Å². The number of alkyl halides is 3. The number of hydrogen-bond acceptors (Lipinski definition) is 3. The summed E-state index contributed by atoms with van der Waals surface area (Å²) in [5.74, 6) is -0.384. The highest BCUT2D eigenvalue weighted by molar-refractivity contribution is 6.30. The third-order valence-electron chi connectivity index (χ3n) is 2.61. The summed E-state index contributed by atoms with van der Waals surface area (Å²) >= 11 is 5.71. The van der Waals surface area contributed by atoms with E-state index in [-0.39, 0.29) is 17.0 Å². The first-order chi connectivity index (χ1) is 9.81. The van der Waals surface area contributed by atoms with E-state index >= 15 is 0 Å². The number of anilines is 1. The lowest BCUT2D eigenvalue weighted by Gasteiger charge is -2.15.